The molecule has 0 saturated heterocycles. The Morgan fingerprint density at radius 1 is 1.06 bits per heavy atom. The summed E-state index contributed by atoms with van der Waals surface area (Å²) < 4.78 is 0. The van der Waals surface area contributed by atoms with Crippen molar-refractivity contribution in [1.29, 1.82) is 0 Å². The fourth-order valence-electron chi connectivity index (χ4n) is 1.14. The molecule has 0 radical (unpaired) electrons. The van der Waals surface area contributed by atoms with Gasteiger partial charge in [-0.3, -0.25) is 14.4 Å². The Morgan fingerprint density at radius 3 is 2.24 bits per heavy atom. The molecule has 0 aliphatic carbocycles. The summed E-state index contributed by atoms with van der Waals surface area (Å²) in [6, 6.07) is 0. The van der Waals surface area contributed by atoms with E-state index in [1.165, 1.54) is 25.2 Å². The third kappa shape index (κ3) is 8.08. The molecular weight excluding hydrogens is 216 g/mol. The minimum atomic E-state index is -0.155. The Labute approximate surface area is 102 Å². The molecule has 0 N–H and O–H groups in total. The first-order valence-corrected chi connectivity index (χ1v) is 5.48. The van der Waals surface area contributed by atoms with E-state index in [1.807, 2.05) is 13.0 Å². The number of ketones is 2. The van der Waals surface area contributed by atoms with Gasteiger partial charge in [0, 0.05) is 0 Å². The molecule has 0 rings (SSSR count). The second kappa shape index (κ2) is 8.39. The van der Waals surface area contributed by atoms with Crippen molar-refractivity contribution in [1.82, 2.24) is 0 Å². The van der Waals surface area contributed by atoms with E-state index >= 15 is 0 Å². The summed E-state index contributed by atoms with van der Waals surface area (Å²) in [7, 11) is 0. The summed E-state index contributed by atoms with van der Waals surface area (Å²) in [6.45, 7) is 4.98. The molecule has 0 bridgehead atoms. The highest BCUT2D eigenvalue weighted by molar-refractivity contribution is 6.06. The average molecular weight is 234 g/mol. The smallest absolute Gasteiger partial charge is 0.181 e. The first-order valence-electron chi connectivity index (χ1n) is 5.48. The van der Waals surface area contributed by atoms with Crippen LogP contribution in [0.1, 0.15) is 33.6 Å². The molecule has 0 atom stereocenters. The Morgan fingerprint density at radius 2 is 1.71 bits per heavy atom. The van der Waals surface area contributed by atoms with E-state index in [1.54, 1.807) is 6.92 Å². The Hall–Kier alpha value is -1.77. The highest BCUT2D eigenvalue weighted by Crippen LogP contribution is 2.07. The summed E-state index contributed by atoms with van der Waals surface area (Å²) in [5.41, 5.74) is 1.59. The first kappa shape index (κ1) is 15.2. The van der Waals surface area contributed by atoms with Crippen LogP contribution in [0.15, 0.2) is 35.5 Å². The van der Waals surface area contributed by atoms with E-state index in [0.717, 1.165) is 18.3 Å². The Kier molecular flexibility index (Phi) is 7.52. The molecular formula is C14H18O3. The SMILES string of the molecule is CC(=O)/C=C/C(=O)/C(C)=C/CC/C(C)=C\C=O. The van der Waals surface area contributed by atoms with Crippen molar-refractivity contribution in [3.05, 3.63) is 35.5 Å². The van der Waals surface area contributed by atoms with Gasteiger partial charge in [-0.05, 0) is 57.4 Å². The molecule has 0 aliphatic rings. The van der Waals surface area contributed by atoms with Crippen molar-refractivity contribution in [2.45, 2.75) is 33.6 Å². The maximum Gasteiger partial charge on any atom is 0.181 e. The molecule has 0 aliphatic heterocycles. The van der Waals surface area contributed by atoms with Crippen molar-refractivity contribution in [2.75, 3.05) is 0 Å². The van der Waals surface area contributed by atoms with Gasteiger partial charge < -0.3 is 0 Å². The third-order valence-corrected chi connectivity index (χ3v) is 2.20. The van der Waals surface area contributed by atoms with Crippen molar-refractivity contribution in [3.63, 3.8) is 0 Å². The summed E-state index contributed by atoms with van der Waals surface area (Å²) in [4.78, 5) is 32.3. The first-order chi connectivity index (χ1) is 7.97. The van der Waals surface area contributed by atoms with Crippen LogP contribution in [0.3, 0.4) is 0 Å². The molecule has 0 aromatic carbocycles. The highest BCUT2D eigenvalue weighted by atomic mass is 16.1. The van der Waals surface area contributed by atoms with Gasteiger partial charge in [-0.1, -0.05) is 11.6 Å². The predicted octanol–water partition coefficient (Wildman–Crippen LogP) is 2.57. The van der Waals surface area contributed by atoms with Gasteiger partial charge in [-0.2, -0.15) is 0 Å². The fraction of sp³-hybridized carbons (Fsp3) is 0.357. The minimum absolute atomic E-state index is 0.143. The Bertz CT molecular complexity index is 384. The van der Waals surface area contributed by atoms with Gasteiger partial charge in [-0.25, -0.2) is 0 Å². The van der Waals surface area contributed by atoms with Gasteiger partial charge >= 0.3 is 0 Å². The van der Waals surface area contributed by atoms with Crippen LogP contribution in [0.5, 0.6) is 0 Å². The monoisotopic (exact) mass is 234 g/mol. The van der Waals surface area contributed by atoms with E-state index in [9.17, 15) is 14.4 Å². The zero-order valence-corrected chi connectivity index (χ0v) is 10.5. The predicted molar refractivity (Wildman–Crippen MR) is 67.6 cm³/mol. The summed E-state index contributed by atoms with van der Waals surface area (Å²) >= 11 is 0. The van der Waals surface area contributed by atoms with Crippen LogP contribution >= 0.6 is 0 Å². The molecule has 0 unspecified atom stereocenters. The zero-order valence-electron chi connectivity index (χ0n) is 10.5. The molecule has 0 aromatic heterocycles. The molecule has 0 saturated carbocycles. The largest absolute Gasteiger partial charge is 0.299 e. The zero-order chi connectivity index (χ0) is 13.3. The number of rotatable bonds is 7. The molecule has 0 fully saturated rings. The quantitative estimate of drug-likeness (QED) is 0.502. The standard InChI is InChI=1S/C14H18O3/c1-11(9-10-15)5-4-6-12(2)14(17)8-7-13(3)16/h6-10H,4-5H2,1-3H3/b8-7+,11-9-,12-6+. The van der Waals surface area contributed by atoms with Gasteiger partial charge in [0.25, 0.3) is 0 Å². The van der Waals surface area contributed by atoms with Crippen molar-refractivity contribution in [2.24, 2.45) is 0 Å². The fourth-order valence-corrected chi connectivity index (χ4v) is 1.14. The van der Waals surface area contributed by atoms with Crippen molar-refractivity contribution >= 4 is 17.9 Å². The maximum atomic E-state index is 11.5. The number of allylic oxidation sites excluding steroid dienone is 6. The lowest BCUT2D eigenvalue weighted by atomic mass is 10.1. The van der Waals surface area contributed by atoms with E-state index < -0.39 is 0 Å². The number of carbonyl (C=O) groups excluding carboxylic acids is 3. The second-order valence-electron chi connectivity index (χ2n) is 3.88. The number of hydrogen-bond acceptors (Lipinski definition) is 3. The van der Waals surface area contributed by atoms with Crippen LogP contribution < -0.4 is 0 Å². The van der Waals surface area contributed by atoms with Gasteiger partial charge in [0.05, 0.1) is 0 Å². The van der Waals surface area contributed by atoms with E-state index in [4.69, 9.17) is 0 Å². The van der Waals surface area contributed by atoms with Crippen LogP contribution in [-0.2, 0) is 14.4 Å². The third-order valence-electron chi connectivity index (χ3n) is 2.20. The Balaban J connectivity index is 4.26. The molecule has 3 heteroatoms. The summed E-state index contributed by atoms with van der Waals surface area (Å²) in [5.74, 6) is -0.298. The topological polar surface area (TPSA) is 51.2 Å². The van der Waals surface area contributed by atoms with E-state index in [-0.39, 0.29) is 11.6 Å². The average Bonchev–Trinajstić information content (AvgIpc) is 2.25. The number of aldehydes is 1. The summed E-state index contributed by atoms with van der Waals surface area (Å²) in [6.07, 6.45) is 8.09. The molecule has 0 heterocycles. The molecule has 3 nitrogen and oxygen atoms in total. The van der Waals surface area contributed by atoms with Crippen molar-refractivity contribution in [3.8, 4) is 0 Å². The number of carbonyl (C=O) groups is 3. The molecule has 0 aromatic rings. The molecule has 17 heavy (non-hydrogen) atoms. The summed E-state index contributed by atoms with van der Waals surface area (Å²) in [5, 5.41) is 0. The van der Waals surface area contributed by atoms with Crippen LogP contribution in [0.25, 0.3) is 0 Å². The normalized spacial score (nSPS) is 12.9. The molecule has 92 valence electrons. The lowest BCUT2D eigenvalue weighted by Crippen LogP contribution is -1.96. The second-order valence-corrected chi connectivity index (χ2v) is 3.88. The van der Waals surface area contributed by atoms with Gasteiger partial charge in [0.2, 0.25) is 0 Å². The molecule has 0 amide bonds. The van der Waals surface area contributed by atoms with Crippen LogP contribution in [0.4, 0.5) is 0 Å². The van der Waals surface area contributed by atoms with Crippen LogP contribution in [0.2, 0.25) is 0 Å². The maximum absolute atomic E-state index is 11.5. The van der Waals surface area contributed by atoms with Crippen molar-refractivity contribution < 1.29 is 14.4 Å². The van der Waals surface area contributed by atoms with Crippen LogP contribution in [-0.4, -0.2) is 17.9 Å². The van der Waals surface area contributed by atoms with Gasteiger partial charge in [0.15, 0.2) is 11.6 Å². The minimum Gasteiger partial charge on any atom is -0.299 e. The van der Waals surface area contributed by atoms with Gasteiger partial charge in [0.1, 0.15) is 6.29 Å². The van der Waals surface area contributed by atoms with E-state index in [0.29, 0.717) is 12.0 Å². The molecule has 0 spiro atoms. The number of hydrogen-bond donors (Lipinski definition) is 0. The van der Waals surface area contributed by atoms with Crippen LogP contribution in [0, 0.1) is 0 Å². The lowest BCUT2D eigenvalue weighted by molar-refractivity contribution is -0.114. The van der Waals surface area contributed by atoms with Gasteiger partial charge in [-0.15, -0.1) is 0 Å². The highest BCUT2D eigenvalue weighted by Gasteiger charge is 1.99. The lowest BCUT2D eigenvalue weighted by Gasteiger charge is -1.97. The van der Waals surface area contributed by atoms with E-state index in [2.05, 4.69) is 0 Å².